The molecular weight excluding hydrogens is 404 g/mol. The number of aromatic nitrogens is 2. The van der Waals surface area contributed by atoms with Crippen LogP contribution in [0.15, 0.2) is 48.7 Å². The number of hydrogen-bond donors (Lipinski definition) is 1. The van der Waals surface area contributed by atoms with Gasteiger partial charge in [-0.3, -0.25) is 4.68 Å². The molecule has 7 heteroatoms. The SMILES string of the molecule is COc1ccc(Cn2ncc3cc(NC4CCN(C(=O)OC(C)(C)C)CC4)ccc32)cc1. The van der Waals surface area contributed by atoms with Gasteiger partial charge in [0.25, 0.3) is 0 Å². The van der Waals surface area contributed by atoms with E-state index in [0.29, 0.717) is 25.7 Å². The largest absolute Gasteiger partial charge is 0.497 e. The molecule has 3 aromatic rings. The van der Waals surface area contributed by atoms with Crippen molar-refractivity contribution < 1.29 is 14.3 Å². The quantitative estimate of drug-likeness (QED) is 0.616. The van der Waals surface area contributed by atoms with Crippen molar-refractivity contribution in [2.24, 2.45) is 0 Å². The van der Waals surface area contributed by atoms with Gasteiger partial charge in [-0.15, -0.1) is 0 Å². The van der Waals surface area contributed by atoms with Crippen LogP contribution in [-0.4, -0.2) is 52.6 Å². The average Bonchev–Trinajstić information content (AvgIpc) is 3.15. The maximum absolute atomic E-state index is 12.3. The Kier molecular flexibility index (Phi) is 6.26. The zero-order chi connectivity index (χ0) is 22.7. The minimum absolute atomic E-state index is 0.221. The van der Waals surface area contributed by atoms with Crippen LogP contribution in [0.3, 0.4) is 0 Å². The maximum atomic E-state index is 12.3. The summed E-state index contributed by atoms with van der Waals surface area (Å²) in [6.07, 6.45) is 3.48. The number of ether oxygens (including phenoxy) is 2. The van der Waals surface area contributed by atoms with Crippen LogP contribution in [0.5, 0.6) is 5.75 Å². The van der Waals surface area contributed by atoms with E-state index in [1.807, 2.05) is 43.8 Å². The second-order valence-corrected chi connectivity index (χ2v) is 9.31. The summed E-state index contributed by atoms with van der Waals surface area (Å²) < 4.78 is 12.7. The highest BCUT2D eigenvalue weighted by Crippen LogP contribution is 2.23. The van der Waals surface area contributed by atoms with Crippen LogP contribution in [0.4, 0.5) is 10.5 Å². The molecule has 7 nitrogen and oxygen atoms in total. The molecule has 170 valence electrons. The summed E-state index contributed by atoms with van der Waals surface area (Å²) in [5.41, 5.74) is 2.90. The number of hydrogen-bond acceptors (Lipinski definition) is 5. The van der Waals surface area contributed by atoms with E-state index in [1.54, 1.807) is 12.0 Å². The van der Waals surface area contributed by atoms with Gasteiger partial charge < -0.3 is 19.7 Å². The number of methoxy groups -OCH3 is 1. The van der Waals surface area contributed by atoms with Crippen LogP contribution in [0.1, 0.15) is 39.2 Å². The zero-order valence-corrected chi connectivity index (χ0v) is 19.3. The zero-order valence-electron chi connectivity index (χ0n) is 19.3. The van der Waals surface area contributed by atoms with Gasteiger partial charge in [-0.05, 0) is 69.5 Å². The third-order valence-electron chi connectivity index (χ3n) is 5.65. The van der Waals surface area contributed by atoms with Crippen molar-refractivity contribution in [3.05, 3.63) is 54.2 Å². The molecule has 2 aromatic carbocycles. The predicted molar refractivity (Wildman–Crippen MR) is 126 cm³/mol. The van der Waals surface area contributed by atoms with E-state index in [1.165, 1.54) is 5.56 Å². The molecule has 0 bridgehead atoms. The van der Waals surface area contributed by atoms with Crippen molar-refractivity contribution in [1.29, 1.82) is 0 Å². The first-order valence-corrected chi connectivity index (χ1v) is 11.1. The van der Waals surface area contributed by atoms with Gasteiger partial charge in [-0.1, -0.05) is 12.1 Å². The Morgan fingerprint density at radius 3 is 2.50 bits per heavy atom. The fourth-order valence-electron chi connectivity index (χ4n) is 3.98. The molecule has 0 aliphatic carbocycles. The minimum atomic E-state index is -0.459. The third-order valence-corrected chi connectivity index (χ3v) is 5.65. The van der Waals surface area contributed by atoms with E-state index >= 15 is 0 Å². The lowest BCUT2D eigenvalue weighted by molar-refractivity contribution is 0.0210. The minimum Gasteiger partial charge on any atom is -0.497 e. The molecule has 1 fully saturated rings. The van der Waals surface area contributed by atoms with Crippen molar-refractivity contribution in [1.82, 2.24) is 14.7 Å². The molecule has 1 saturated heterocycles. The van der Waals surface area contributed by atoms with Crippen molar-refractivity contribution in [3.63, 3.8) is 0 Å². The maximum Gasteiger partial charge on any atom is 0.410 e. The molecule has 4 rings (SSSR count). The standard InChI is InChI=1S/C25H32N4O3/c1-25(2,3)32-24(30)28-13-11-20(12-14-28)27-21-7-10-23-19(15-21)16-26-29(23)17-18-5-8-22(31-4)9-6-18/h5-10,15-16,20,27H,11-14,17H2,1-4H3. The average molecular weight is 437 g/mol. The number of nitrogens with one attached hydrogen (secondary N) is 1. The Morgan fingerprint density at radius 1 is 1.12 bits per heavy atom. The molecule has 0 atom stereocenters. The molecule has 32 heavy (non-hydrogen) atoms. The lowest BCUT2D eigenvalue weighted by Gasteiger charge is -2.34. The molecule has 1 amide bonds. The summed E-state index contributed by atoms with van der Waals surface area (Å²) >= 11 is 0. The van der Waals surface area contributed by atoms with Crippen molar-refractivity contribution in [3.8, 4) is 5.75 Å². The van der Waals surface area contributed by atoms with Gasteiger partial charge in [-0.25, -0.2) is 4.79 Å². The first-order valence-electron chi connectivity index (χ1n) is 11.1. The van der Waals surface area contributed by atoms with Crippen LogP contribution in [0.25, 0.3) is 10.9 Å². The molecule has 1 aliphatic rings. The second kappa shape index (κ2) is 9.10. The normalized spacial score (nSPS) is 15.1. The number of piperidine rings is 1. The lowest BCUT2D eigenvalue weighted by atomic mass is 10.0. The Bertz CT molecular complexity index is 1060. The lowest BCUT2D eigenvalue weighted by Crippen LogP contribution is -2.44. The number of likely N-dealkylation sites (tertiary alicyclic amines) is 1. The Hall–Kier alpha value is -3.22. The van der Waals surface area contributed by atoms with Gasteiger partial charge in [-0.2, -0.15) is 5.10 Å². The molecule has 0 unspecified atom stereocenters. The van der Waals surface area contributed by atoms with E-state index in [9.17, 15) is 4.79 Å². The number of carbonyl (C=O) groups excluding carboxylic acids is 1. The predicted octanol–water partition coefficient (Wildman–Crippen LogP) is 4.90. The van der Waals surface area contributed by atoms with Gasteiger partial charge in [0.15, 0.2) is 0 Å². The number of fused-ring (bicyclic) bond motifs is 1. The summed E-state index contributed by atoms with van der Waals surface area (Å²) in [5.74, 6) is 0.853. The van der Waals surface area contributed by atoms with Gasteiger partial charge >= 0.3 is 6.09 Å². The molecular formula is C25H32N4O3. The van der Waals surface area contributed by atoms with E-state index in [-0.39, 0.29) is 6.09 Å². The Balaban J connectivity index is 1.35. The van der Waals surface area contributed by atoms with E-state index in [2.05, 4.69) is 40.7 Å². The topological polar surface area (TPSA) is 68.6 Å². The fraction of sp³-hybridized carbons (Fsp3) is 0.440. The van der Waals surface area contributed by atoms with Crippen molar-refractivity contribution >= 4 is 22.7 Å². The number of carbonyl (C=O) groups is 1. The molecule has 0 spiro atoms. The van der Waals surface area contributed by atoms with E-state index < -0.39 is 5.60 Å². The highest BCUT2D eigenvalue weighted by molar-refractivity contribution is 5.82. The van der Waals surface area contributed by atoms with Crippen molar-refractivity contribution in [2.45, 2.75) is 51.8 Å². The number of amides is 1. The third kappa shape index (κ3) is 5.33. The summed E-state index contributed by atoms with van der Waals surface area (Å²) in [6, 6.07) is 14.8. The van der Waals surface area contributed by atoms with Gasteiger partial charge in [0.05, 0.1) is 25.4 Å². The highest BCUT2D eigenvalue weighted by Gasteiger charge is 2.26. The van der Waals surface area contributed by atoms with E-state index in [0.717, 1.165) is 35.2 Å². The van der Waals surface area contributed by atoms with Gasteiger partial charge in [0, 0.05) is 30.2 Å². The van der Waals surface area contributed by atoms with Crippen LogP contribution in [0.2, 0.25) is 0 Å². The van der Waals surface area contributed by atoms with Gasteiger partial charge in [0.2, 0.25) is 0 Å². The number of rotatable bonds is 5. The fourth-order valence-corrected chi connectivity index (χ4v) is 3.98. The highest BCUT2D eigenvalue weighted by atomic mass is 16.6. The summed E-state index contributed by atoms with van der Waals surface area (Å²) in [7, 11) is 1.67. The summed E-state index contributed by atoms with van der Waals surface area (Å²) in [5, 5.41) is 9.31. The first-order chi connectivity index (χ1) is 15.3. The summed E-state index contributed by atoms with van der Waals surface area (Å²) in [6.45, 7) is 7.81. The van der Waals surface area contributed by atoms with Gasteiger partial charge in [0.1, 0.15) is 11.4 Å². The number of anilines is 1. The number of nitrogens with zero attached hydrogens (tertiary/aromatic N) is 3. The second-order valence-electron chi connectivity index (χ2n) is 9.31. The number of benzene rings is 2. The van der Waals surface area contributed by atoms with Crippen molar-refractivity contribution in [2.75, 3.05) is 25.5 Å². The van der Waals surface area contributed by atoms with Crippen LogP contribution < -0.4 is 10.1 Å². The van der Waals surface area contributed by atoms with Crippen LogP contribution >= 0.6 is 0 Å². The Morgan fingerprint density at radius 2 is 1.84 bits per heavy atom. The summed E-state index contributed by atoms with van der Waals surface area (Å²) in [4.78, 5) is 14.1. The van der Waals surface area contributed by atoms with E-state index in [4.69, 9.17) is 9.47 Å². The molecule has 0 radical (unpaired) electrons. The molecule has 0 saturated carbocycles. The van der Waals surface area contributed by atoms with Crippen LogP contribution in [-0.2, 0) is 11.3 Å². The molecule has 1 aromatic heterocycles. The van der Waals surface area contributed by atoms with Crippen LogP contribution in [0, 0.1) is 0 Å². The molecule has 2 heterocycles. The molecule has 1 N–H and O–H groups in total. The molecule has 1 aliphatic heterocycles. The smallest absolute Gasteiger partial charge is 0.410 e. The Labute approximate surface area is 189 Å². The first kappa shape index (κ1) is 22.0. The monoisotopic (exact) mass is 436 g/mol.